The Morgan fingerprint density at radius 3 is 2.80 bits per heavy atom. The normalized spacial score (nSPS) is 17.2. The van der Waals surface area contributed by atoms with E-state index in [0.29, 0.717) is 24.2 Å². The molecular weight excluding hydrogens is 402 g/mol. The van der Waals surface area contributed by atoms with Gasteiger partial charge in [0.15, 0.2) is 0 Å². The van der Waals surface area contributed by atoms with Gasteiger partial charge in [-0.25, -0.2) is 8.42 Å². The monoisotopic (exact) mass is 421 g/mol. The van der Waals surface area contributed by atoms with Gasteiger partial charge < -0.3 is 5.32 Å². The maximum absolute atomic E-state index is 13.3. The molecule has 2 aromatic carbocycles. The van der Waals surface area contributed by atoms with Gasteiger partial charge in [0.25, 0.3) is 0 Å². The van der Waals surface area contributed by atoms with E-state index >= 15 is 0 Å². The van der Waals surface area contributed by atoms with Crippen LogP contribution in [0.4, 0.5) is 5.69 Å². The maximum Gasteiger partial charge on any atom is 0.245 e. The molecule has 1 aliphatic heterocycles. The SMILES string of the molecule is Cc1cc(S(=O)(=O)N2CCC2C(=O)Nc2ccc3ccncc3c2)c2[nH]ncc2c1. The van der Waals surface area contributed by atoms with E-state index in [0.717, 1.165) is 21.7 Å². The van der Waals surface area contributed by atoms with Crippen LogP contribution in [0.15, 0.2) is 59.9 Å². The van der Waals surface area contributed by atoms with Crippen LogP contribution in [0, 0.1) is 6.92 Å². The van der Waals surface area contributed by atoms with Crippen molar-refractivity contribution in [2.75, 3.05) is 11.9 Å². The number of hydrogen-bond donors (Lipinski definition) is 2. The molecule has 8 nitrogen and oxygen atoms in total. The minimum atomic E-state index is -3.85. The Morgan fingerprint density at radius 2 is 2.00 bits per heavy atom. The molecule has 0 saturated carbocycles. The van der Waals surface area contributed by atoms with Gasteiger partial charge in [-0.2, -0.15) is 9.40 Å². The number of rotatable bonds is 4. The Kier molecular flexibility index (Phi) is 4.30. The highest BCUT2D eigenvalue weighted by atomic mass is 32.2. The number of carbonyl (C=O) groups is 1. The zero-order valence-electron chi connectivity index (χ0n) is 16.2. The second-order valence-corrected chi connectivity index (χ2v) is 9.30. The van der Waals surface area contributed by atoms with Crippen molar-refractivity contribution in [1.82, 2.24) is 19.5 Å². The third kappa shape index (κ3) is 3.03. The fourth-order valence-electron chi connectivity index (χ4n) is 3.80. The molecule has 1 unspecified atom stereocenters. The molecule has 3 heterocycles. The van der Waals surface area contributed by atoms with E-state index in [1.54, 1.807) is 30.7 Å². The average molecular weight is 421 g/mol. The van der Waals surface area contributed by atoms with Crippen molar-refractivity contribution < 1.29 is 13.2 Å². The van der Waals surface area contributed by atoms with E-state index < -0.39 is 16.1 Å². The number of sulfonamides is 1. The van der Waals surface area contributed by atoms with Crippen molar-refractivity contribution in [3.8, 4) is 0 Å². The topological polar surface area (TPSA) is 108 Å². The molecule has 0 aliphatic carbocycles. The van der Waals surface area contributed by atoms with Crippen LogP contribution in [-0.4, -0.2) is 46.4 Å². The van der Waals surface area contributed by atoms with Gasteiger partial charge in [-0.3, -0.25) is 14.9 Å². The van der Waals surface area contributed by atoms with E-state index in [9.17, 15) is 13.2 Å². The predicted molar refractivity (Wildman–Crippen MR) is 114 cm³/mol. The number of benzene rings is 2. The number of H-pyrrole nitrogens is 1. The lowest BCUT2D eigenvalue weighted by atomic mass is 10.1. The molecule has 1 atom stereocenters. The molecule has 4 aromatic rings. The fourth-order valence-corrected chi connectivity index (χ4v) is 5.69. The van der Waals surface area contributed by atoms with Gasteiger partial charge in [-0.05, 0) is 54.6 Å². The molecule has 1 saturated heterocycles. The van der Waals surface area contributed by atoms with Gasteiger partial charge in [0, 0.05) is 35.4 Å². The quantitative estimate of drug-likeness (QED) is 0.527. The first-order chi connectivity index (χ1) is 14.4. The van der Waals surface area contributed by atoms with Crippen LogP contribution in [0.1, 0.15) is 12.0 Å². The van der Waals surface area contributed by atoms with Gasteiger partial charge in [0.2, 0.25) is 15.9 Å². The van der Waals surface area contributed by atoms with Crippen molar-refractivity contribution in [2.24, 2.45) is 0 Å². The highest BCUT2D eigenvalue weighted by Crippen LogP contribution is 2.32. The summed E-state index contributed by atoms with van der Waals surface area (Å²) in [7, 11) is -3.85. The van der Waals surface area contributed by atoms with Crippen LogP contribution in [0.5, 0.6) is 0 Å². The van der Waals surface area contributed by atoms with Crippen molar-refractivity contribution >= 4 is 43.3 Å². The van der Waals surface area contributed by atoms with E-state index in [2.05, 4.69) is 20.5 Å². The zero-order valence-corrected chi connectivity index (χ0v) is 17.0. The molecule has 30 heavy (non-hydrogen) atoms. The van der Waals surface area contributed by atoms with Crippen molar-refractivity contribution in [3.63, 3.8) is 0 Å². The van der Waals surface area contributed by atoms with E-state index in [-0.39, 0.29) is 10.8 Å². The Balaban J connectivity index is 1.42. The molecule has 0 spiro atoms. The Hall–Kier alpha value is -3.30. The summed E-state index contributed by atoms with van der Waals surface area (Å²) < 4.78 is 27.9. The number of fused-ring (bicyclic) bond motifs is 2. The molecule has 0 radical (unpaired) electrons. The van der Waals surface area contributed by atoms with Crippen molar-refractivity contribution in [2.45, 2.75) is 24.3 Å². The van der Waals surface area contributed by atoms with Crippen molar-refractivity contribution in [3.05, 3.63) is 60.6 Å². The second-order valence-electron chi connectivity index (χ2n) is 7.44. The number of nitrogens with zero attached hydrogens (tertiary/aromatic N) is 3. The predicted octanol–water partition coefficient (Wildman–Crippen LogP) is 2.82. The summed E-state index contributed by atoms with van der Waals surface area (Å²) in [6.45, 7) is 2.13. The molecule has 2 N–H and O–H groups in total. The third-order valence-electron chi connectivity index (χ3n) is 5.42. The van der Waals surface area contributed by atoms with Crippen LogP contribution in [0.25, 0.3) is 21.7 Å². The summed E-state index contributed by atoms with van der Waals surface area (Å²) in [5.74, 6) is -0.346. The number of aromatic nitrogens is 3. The largest absolute Gasteiger partial charge is 0.325 e. The van der Waals surface area contributed by atoms with Crippen LogP contribution in [-0.2, 0) is 14.8 Å². The molecule has 9 heteroatoms. The highest BCUT2D eigenvalue weighted by Gasteiger charge is 2.43. The van der Waals surface area contributed by atoms with Gasteiger partial charge in [-0.1, -0.05) is 6.07 Å². The summed E-state index contributed by atoms with van der Waals surface area (Å²) in [6.07, 6.45) is 5.49. The number of amides is 1. The summed E-state index contributed by atoms with van der Waals surface area (Å²) in [5.41, 5.74) is 1.87. The number of nitrogens with one attached hydrogen (secondary N) is 2. The first kappa shape index (κ1) is 18.7. The first-order valence-electron chi connectivity index (χ1n) is 9.54. The van der Waals surface area contributed by atoms with Gasteiger partial charge >= 0.3 is 0 Å². The van der Waals surface area contributed by atoms with E-state index in [1.165, 1.54) is 4.31 Å². The van der Waals surface area contributed by atoms with Gasteiger partial charge in [0.1, 0.15) is 10.9 Å². The molecule has 1 fully saturated rings. The third-order valence-corrected chi connectivity index (χ3v) is 7.36. The molecule has 0 bridgehead atoms. The number of aryl methyl sites for hydroxylation is 1. The number of hydrogen-bond acceptors (Lipinski definition) is 5. The summed E-state index contributed by atoms with van der Waals surface area (Å²) in [4.78, 5) is 17.1. The molecule has 1 amide bonds. The molecule has 2 aromatic heterocycles. The lowest BCUT2D eigenvalue weighted by Gasteiger charge is -2.38. The second kappa shape index (κ2) is 6.89. The Morgan fingerprint density at radius 1 is 1.13 bits per heavy atom. The Labute approximate surface area is 173 Å². The minimum absolute atomic E-state index is 0.143. The molecule has 152 valence electrons. The zero-order chi connectivity index (χ0) is 20.9. The first-order valence-corrected chi connectivity index (χ1v) is 11.0. The van der Waals surface area contributed by atoms with Crippen LogP contribution in [0.2, 0.25) is 0 Å². The van der Waals surface area contributed by atoms with Crippen LogP contribution in [0.3, 0.4) is 0 Å². The van der Waals surface area contributed by atoms with Crippen LogP contribution < -0.4 is 5.32 Å². The molecule has 1 aliphatic rings. The lowest BCUT2D eigenvalue weighted by molar-refractivity contribution is -0.122. The Bertz CT molecular complexity index is 1400. The highest BCUT2D eigenvalue weighted by molar-refractivity contribution is 7.89. The summed E-state index contributed by atoms with van der Waals surface area (Å²) in [6, 6.07) is 10.1. The number of anilines is 1. The van der Waals surface area contributed by atoms with E-state index in [4.69, 9.17) is 0 Å². The maximum atomic E-state index is 13.3. The number of carbonyl (C=O) groups excluding carboxylic acids is 1. The standard InChI is InChI=1S/C21H19N5O3S/c1-13-8-16-12-23-25-20(16)19(9-13)30(28,29)26-7-5-18(26)21(27)24-17-3-2-14-4-6-22-11-15(14)10-17/h2-4,6,8-12,18H,5,7H2,1H3,(H,23,25)(H,24,27). The van der Waals surface area contributed by atoms with Gasteiger partial charge in [-0.15, -0.1) is 0 Å². The minimum Gasteiger partial charge on any atom is -0.325 e. The molecule has 5 rings (SSSR count). The van der Waals surface area contributed by atoms with Crippen molar-refractivity contribution in [1.29, 1.82) is 0 Å². The van der Waals surface area contributed by atoms with Crippen LogP contribution >= 0.6 is 0 Å². The summed E-state index contributed by atoms with van der Waals surface area (Å²) >= 11 is 0. The number of aromatic amines is 1. The average Bonchev–Trinajstić information content (AvgIpc) is 3.14. The fraction of sp³-hybridized carbons (Fsp3) is 0.190. The van der Waals surface area contributed by atoms with Gasteiger partial charge in [0.05, 0.1) is 11.7 Å². The molecular formula is C21H19N5O3S. The summed E-state index contributed by atoms with van der Waals surface area (Å²) in [5, 5.41) is 12.2. The lowest BCUT2D eigenvalue weighted by Crippen LogP contribution is -2.56. The number of pyridine rings is 1. The van der Waals surface area contributed by atoms with E-state index in [1.807, 2.05) is 31.2 Å². The smallest absolute Gasteiger partial charge is 0.245 e.